The van der Waals surface area contributed by atoms with Gasteiger partial charge in [-0.2, -0.15) is 15.2 Å². The van der Waals surface area contributed by atoms with E-state index in [1.807, 2.05) is 29.9 Å². The lowest BCUT2D eigenvalue weighted by atomic mass is 10.3. The highest BCUT2D eigenvalue weighted by Crippen LogP contribution is 2.19. The van der Waals surface area contributed by atoms with Gasteiger partial charge in [0.25, 0.3) is 0 Å². The van der Waals surface area contributed by atoms with Gasteiger partial charge in [-0.25, -0.2) is 10.5 Å². The number of rotatable bonds is 7. The first-order chi connectivity index (χ1) is 11.3. The lowest BCUT2D eigenvalue weighted by Crippen LogP contribution is -1.93. The van der Waals surface area contributed by atoms with Crippen molar-refractivity contribution in [2.24, 2.45) is 5.10 Å². The number of hydrogen-bond acceptors (Lipinski definition) is 7. The van der Waals surface area contributed by atoms with Gasteiger partial charge in [0.1, 0.15) is 0 Å². The molecule has 3 heterocycles. The minimum absolute atomic E-state index is 0.501. The number of aromatic nitrogens is 6. The SMILES string of the molecule is CCn1cc(/C=N/Nc2nc(SCc3ccncc3)n[nH]2)cn1. The van der Waals surface area contributed by atoms with Crippen molar-refractivity contribution in [2.75, 3.05) is 5.43 Å². The Balaban J connectivity index is 1.51. The molecule has 0 aliphatic heterocycles. The summed E-state index contributed by atoms with van der Waals surface area (Å²) in [5.74, 6) is 1.29. The van der Waals surface area contributed by atoms with Crippen LogP contribution in [0.4, 0.5) is 5.95 Å². The molecule has 0 bridgehead atoms. The molecule has 23 heavy (non-hydrogen) atoms. The molecule has 0 aromatic carbocycles. The predicted molar refractivity (Wildman–Crippen MR) is 89.3 cm³/mol. The van der Waals surface area contributed by atoms with Crippen LogP contribution in [0.15, 0.2) is 47.2 Å². The third-order valence-corrected chi connectivity index (χ3v) is 3.86. The number of nitrogens with zero attached hydrogens (tertiary/aromatic N) is 6. The van der Waals surface area contributed by atoms with Gasteiger partial charge >= 0.3 is 0 Å². The summed E-state index contributed by atoms with van der Waals surface area (Å²) in [4.78, 5) is 8.30. The molecule has 9 heteroatoms. The molecule has 0 spiro atoms. The second-order valence-electron chi connectivity index (χ2n) is 4.61. The fraction of sp³-hybridized carbons (Fsp3) is 0.214. The van der Waals surface area contributed by atoms with Crippen LogP contribution in [0.3, 0.4) is 0 Å². The van der Waals surface area contributed by atoms with E-state index in [9.17, 15) is 0 Å². The molecule has 3 aromatic rings. The molecule has 0 atom stereocenters. The number of pyridine rings is 1. The molecule has 8 nitrogen and oxygen atoms in total. The Kier molecular flexibility index (Phi) is 4.99. The molecule has 0 radical (unpaired) electrons. The van der Waals surface area contributed by atoms with E-state index in [0.29, 0.717) is 11.1 Å². The van der Waals surface area contributed by atoms with E-state index in [1.54, 1.807) is 36.6 Å². The van der Waals surface area contributed by atoms with Crippen LogP contribution in [0.2, 0.25) is 0 Å². The van der Waals surface area contributed by atoms with Crippen LogP contribution in [-0.2, 0) is 12.3 Å². The molecule has 2 N–H and O–H groups in total. The average molecular weight is 328 g/mol. The highest BCUT2D eigenvalue weighted by atomic mass is 32.2. The summed E-state index contributed by atoms with van der Waals surface area (Å²) >= 11 is 1.54. The summed E-state index contributed by atoms with van der Waals surface area (Å²) in [6.45, 7) is 2.87. The second-order valence-corrected chi connectivity index (χ2v) is 5.55. The lowest BCUT2D eigenvalue weighted by Gasteiger charge is -1.96. The summed E-state index contributed by atoms with van der Waals surface area (Å²) < 4.78 is 1.84. The van der Waals surface area contributed by atoms with E-state index in [1.165, 1.54) is 5.56 Å². The van der Waals surface area contributed by atoms with Crippen molar-refractivity contribution in [3.63, 3.8) is 0 Å². The van der Waals surface area contributed by atoms with Gasteiger partial charge in [-0.15, -0.1) is 5.10 Å². The summed E-state index contributed by atoms with van der Waals surface area (Å²) in [7, 11) is 0. The van der Waals surface area contributed by atoms with Crippen LogP contribution in [0.5, 0.6) is 0 Å². The maximum absolute atomic E-state index is 4.31. The predicted octanol–water partition coefficient (Wildman–Crippen LogP) is 2.15. The first kappa shape index (κ1) is 15.2. The van der Waals surface area contributed by atoms with E-state index in [4.69, 9.17) is 0 Å². The summed E-state index contributed by atoms with van der Waals surface area (Å²) in [5, 5.41) is 15.9. The number of H-pyrrole nitrogens is 1. The minimum Gasteiger partial charge on any atom is -0.272 e. The van der Waals surface area contributed by atoms with Gasteiger partial charge in [-0.3, -0.25) is 9.67 Å². The summed E-state index contributed by atoms with van der Waals surface area (Å²) in [6, 6.07) is 3.94. The summed E-state index contributed by atoms with van der Waals surface area (Å²) in [6.07, 6.45) is 8.91. The minimum atomic E-state index is 0.501. The van der Waals surface area contributed by atoms with Gasteiger partial charge in [0, 0.05) is 36.5 Å². The largest absolute Gasteiger partial charge is 0.272 e. The Hall–Kier alpha value is -2.68. The quantitative estimate of drug-likeness (QED) is 0.392. The van der Waals surface area contributed by atoms with E-state index in [-0.39, 0.29) is 0 Å². The molecule has 0 unspecified atom stereocenters. The topological polar surface area (TPSA) is 96.7 Å². The smallest absolute Gasteiger partial charge is 0.240 e. The Bertz CT molecular complexity index is 764. The molecule has 118 valence electrons. The fourth-order valence-electron chi connectivity index (χ4n) is 1.77. The standard InChI is InChI=1S/C14H16N8S/c1-2-22-9-12(8-17-22)7-16-19-13-18-14(21-20-13)23-10-11-3-5-15-6-4-11/h3-9H,2,10H2,1H3,(H2,18,19,20,21)/b16-7+. The number of thioether (sulfide) groups is 1. The normalized spacial score (nSPS) is 11.2. The second kappa shape index (κ2) is 7.54. The van der Waals surface area contributed by atoms with Crippen LogP contribution in [-0.4, -0.2) is 36.2 Å². The molecule has 0 amide bonds. The zero-order valence-corrected chi connectivity index (χ0v) is 13.4. The van der Waals surface area contributed by atoms with Crippen molar-refractivity contribution in [1.82, 2.24) is 29.9 Å². The Morgan fingerprint density at radius 1 is 1.39 bits per heavy atom. The molecule has 0 fully saturated rings. The Morgan fingerprint density at radius 2 is 2.26 bits per heavy atom. The van der Waals surface area contributed by atoms with Crippen molar-refractivity contribution in [3.05, 3.63) is 48.0 Å². The van der Waals surface area contributed by atoms with Gasteiger partial charge < -0.3 is 0 Å². The van der Waals surface area contributed by atoms with Gasteiger partial charge in [0.05, 0.1) is 12.4 Å². The maximum Gasteiger partial charge on any atom is 0.240 e. The van der Waals surface area contributed by atoms with Crippen LogP contribution in [0, 0.1) is 0 Å². The van der Waals surface area contributed by atoms with Gasteiger partial charge in [-0.1, -0.05) is 11.8 Å². The van der Waals surface area contributed by atoms with Crippen LogP contribution >= 0.6 is 11.8 Å². The van der Waals surface area contributed by atoms with E-state index < -0.39 is 0 Å². The highest BCUT2D eigenvalue weighted by Gasteiger charge is 2.03. The van der Waals surface area contributed by atoms with E-state index >= 15 is 0 Å². The molecule has 0 aliphatic rings. The third-order valence-electron chi connectivity index (χ3n) is 2.94. The highest BCUT2D eigenvalue weighted by molar-refractivity contribution is 7.98. The molecule has 0 saturated carbocycles. The molecular formula is C14H16N8S. The van der Waals surface area contributed by atoms with Crippen molar-refractivity contribution in [1.29, 1.82) is 0 Å². The van der Waals surface area contributed by atoms with E-state index in [2.05, 4.69) is 35.8 Å². The van der Waals surface area contributed by atoms with Crippen molar-refractivity contribution >= 4 is 23.9 Å². The molecule has 0 saturated heterocycles. The molecular weight excluding hydrogens is 312 g/mol. The van der Waals surface area contributed by atoms with Crippen LogP contribution in [0.1, 0.15) is 18.1 Å². The van der Waals surface area contributed by atoms with Crippen molar-refractivity contribution in [2.45, 2.75) is 24.4 Å². The number of nitrogens with one attached hydrogen (secondary N) is 2. The zero-order valence-electron chi connectivity index (χ0n) is 12.5. The first-order valence-electron chi connectivity index (χ1n) is 7.09. The zero-order chi connectivity index (χ0) is 15.9. The number of aryl methyl sites for hydroxylation is 1. The first-order valence-corrected chi connectivity index (χ1v) is 8.07. The number of hydrogen-bond donors (Lipinski definition) is 2. The number of aromatic amines is 1. The number of anilines is 1. The fourth-order valence-corrected chi connectivity index (χ4v) is 2.53. The van der Waals surface area contributed by atoms with Crippen molar-refractivity contribution < 1.29 is 0 Å². The Labute approximate surface area is 137 Å². The maximum atomic E-state index is 4.31. The van der Waals surface area contributed by atoms with Crippen molar-refractivity contribution in [3.8, 4) is 0 Å². The monoisotopic (exact) mass is 328 g/mol. The number of hydrazone groups is 1. The lowest BCUT2D eigenvalue weighted by molar-refractivity contribution is 0.660. The van der Waals surface area contributed by atoms with Gasteiger partial charge in [0.15, 0.2) is 0 Å². The summed E-state index contributed by atoms with van der Waals surface area (Å²) in [5.41, 5.74) is 4.92. The molecule has 0 aliphatic carbocycles. The van der Waals surface area contributed by atoms with Crippen LogP contribution in [0.25, 0.3) is 0 Å². The van der Waals surface area contributed by atoms with E-state index in [0.717, 1.165) is 17.9 Å². The van der Waals surface area contributed by atoms with Crippen LogP contribution < -0.4 is 5.43 Å². The van der Waals surface area contributed by atoms with Gasteiger partial charge in [0.2, 0.25) is 11.1 Å². The molecule has 3 rings (SSSR count). The Morgan fingerprint density at radius 3 is 3.04 bits per heavy atom. The molecule has 3 aromatic heterocycles. The third kappa shape index (κ3) is 4.39. The van der Waals surface area contributed by atoms with Gasteiger partial charge in [-0.05, 0) is 24.6 Å². The average Bonchev–Trinajstić information content (AvgIpc) is 3.23.